The maximum atomic E-state index is 11.6. The van der Waals surface area contributed by atoms with Gasteiger partial charge in [0.15, 0.2) is 0 Å². The SMILES string of the molecule is CCCCCCCC(=O)Oc1ccccc1C#N. The predicted octanol–water partition coefficient (Wildman–Crippen LogP) is 3.82. The molecule has 1 aromatic rings. The topological polar surface area (TPSA) is 50.1 Å². The molecule has 3 nitrogen and oxygen atoms in total. The second kappa shape index (κ2) is 8.30. The quantitative estimate of drug-likeness (QED) is 0.417. The molecule has 0 radical (unpaired) electrons. The summed E-state index contributed by atoms with van der Waals surface area (Å²) in [6.45, 7) is 2.16. The second-order valence-corrected chi connectivity index (χ2v) is 4.25. The van der Waals surface area contributed by atoms with Crippen LogP contribution in [0.25, 0.3) is 0 Å². The summed E-state index contributed by atoms with van der Waals surface area (Å²) in [5, 5.41) is 8.86. The Balaban J connectivity index is 2.34. The first kappa shape index (κ1) is 14.2. The minimum atomic E-state index is -0.255. The van der Waals surface area contributed by atoms with Crippen LogP contribution < -0.4 is 4.74 Å². The number of rotatable bonds is 7. The summed E-state index contributed by atoms with van der Waals surface area (Å²) in [7, 11) is 0. The van der Waals surface area contributed by atoms with Crippen molar-refractivity contribution in [1.29, 1.82) is 5.26 Å². The number of para-hydroxylation sites is 1. The van der Waals surface area contributed by atoms with Crippen LogP contribution in [0.5, 0.6) is 5.75 Å². The van der Waals surface area contributed by atoms with E-state index in [1.165, 1.54) is 19.3 Å². The number of nitrogens with zero attached hydrogens (tertiary/aromatic N) is 1. The molecule has 0 spiro atoms. The van der Waals surface area contributed by atoms with Gasteiger partial charge in [0, 0.05) is 6.42 Å². The maximum Gasteiger partial charge on any atom is 0.311 e. The predicted molar refractivity (Wildman–Crippen MR) is 70.2 cm³/mol. The van der Waals surface area contributed by atoms with Gasteiger partial charge in [0.1, 0.15) is 11.8 Å². The van der Waals surface area contributed by atoms with Crippen LogP contribution in [-0.4, -0.2) is 5.97 Å². The molecule has 18 heavy (non-hydrogen) atoms. The van der Waals surface area contributed by atoms with Crippen LogP contribution >= 0.6 is 0 Å². The highest BCUT2D eigenvalue weighted by Gasteiger charge is 2.08. The van der Waals surface area contributed by atoms with Crippen LogP contribution in [0, 0.1) is 11.3 Å². The van der Waals surface area contributed by atoms with E-state index in [1.54, 1.807) is 24.3 Å². The van der Waals surface area contributed by atoms with Crippen LogP contribution in [0.15, 0.2) is 24.3 Å². The summed E-state index contributed by atoms with van der Waals surface area (Å²) in [6.07, 6.45) is 5.91. The maximum absolute atomic E-state index is 11.6. The molecule has 0 bridgehead atoms. The number of hydrogen-bond acceptors (Lipinski definition) is 3. The van der Waals surface area contributed by atoms with Gasteiger partial charge in [0.2, 0.25) is 0 Å². The molecule has 0 amide bonds. The summed E-state index contributed by atoms with van der Waals surface area (Å²) in [4.78, 5) is 11.6. The number of ether oxygens (including phenoxy) is 1. The van der Waals surface area contributed by atoms with Gasteiger partial charge >= 0.3 is 5.97 Å². The molecule has 1 rings (SSSR count). The molecule has 0 N–H and O–H groups in total. The van der Waals surface area contributed by atoms with E-state index in [-0.39, 0.29) is 5.97 Å². The van der Waals surface area contributed by atoms with Gasteiger partial charge in [-0.15, -0.1) is 0 Å². The van der Waals surface area contributed by atoms with Gasteiger partial charge in [0.05, 0.1) is 5.56 Å². The van der Waals surface area contributed by atoms with Crippen molar-refractivity contribution < 1.29 is 9.53 Å². The summed E-state index contributed by atoms with van der Waals surface area (Å²) in [5.74, 6) is 0.104. The normalized spacial score (nSPS) is 9.78. The number of carbonyl (C=O) groups excluding carboxylic acids is 1. The van der Waals surface area contributed by atoms with Crippen LogP contribution in [-0.2, 0) is 4.79 Å². The molecule has 0 fully saturated rings. The van der Waals surface area contributed by atoms with Gasteiger partial charge in [-0.3, -0.25) is 4.79 Å². The summed E-state index contributed by atoms with van der Waals surface area (Å²) in [6, 6.07) is 8.80. The average Bonchev–Trinajstić information content (AvgIpc) is 2.39. The Kier molecular flexibility index (Phi) is 6.56. The Hall–Kier alpha value is -1.82. The van der Waals surface area contributed by atoms with E-state index in [0.717, 1.165) is 12.8 Å². The third-order valence-electron chi connectivity index (χ3n) is 2.72. The number of hydrogen-bond donors (Lipinski definition) is 0. The number of nitriles is 1. The summed E-state index contributed by atoms with van der Waals surface area (Å²) >= 11 is 0. The Labute approximate surface area is 108 Å². The van der Waals surface area contributed by atoms with Crippen molar-refractivity contribution in [3.63, 3.8) is 0 Å². The van der Waals surface area contributed by atoms with Crippen molar-refractivity contribution in [2.45, 2.75) is 45.4 Å². The Morgan fingerprint density at radius 2 is 1.94 bits per heavy atom. The van der Waals surface area contributed by atoms with Crippen LogP contribution in [0.2, 0.25) is 0 Å². The van der Waals surface area contributed by atoms with E-state index in [1.807, 2.05) is 6.07 Å². The molecular weight excluding hydrogens is 226 g/mol. The van der Waals surface area contributed by atoms with Crippen molar-refractivity contribution in [2.24, 2.45) is 0 Å². The number of unbranched alkanes of at least 4 members (excludes halogenated alkanes) is 4. The molecule has 0 heterocycles. The van der Waals surface area contributed by atoms with Gasteiger partial charge in [-0.25, -0.2) is 0 Å². The lowest BCUT2D eigenvalue weighted by Gasteiger charge is -2.05. The first-order chi connectivity index (χ1) is 8.77. The third kappa shape index (κ3) is 5.01. The van der Waals surface area contributed by atoms with Gasteiger partial charge in [-0.1, -0.05) is 44.7 Å². The molecule has 0 aromatic heterocycles. The molecule has 0 atom stereocenters. The number of carbonyl (C=O) groups is 1. The molecule has 0 unspecified atom stereocenters. The van der Waals surface area contributed by atoms with Crippen LogP contribution in [0.4, 0.5) is 0 Å². The fourth-order valence-corrected chi connectivity index (χ4v) is 1.69. The van der Waals surface area contributed by atoms with E-state index in [0.29, 0.717) is 17.7 Å². The Bertz CT molecular complexity index is 421. The van der Waals surface area contributed by atoms with Gasteiger partial charge in [0.25, 0.3) is 0 Å². The monoisotopic (exact) mass is 245 g/mol. The van der Waals surface area contributed by atoms with Crippen molar-refractivity contribution in [1.82, 2.24) is 0 Å². The highest BCUT2D eigenvalue weighted by molar-refractivity contribution is 5.73. The minimum absolute atomic E-state index is 0.255. The summed E-state index contributed by atoms with van der Waals surface area (Å²) < 4.78 is 5.18. The zero-order valence-electron chi connectivity index (χ0n) is 10.8. The Morgan fingerprint density at radius 3 is 2.67 bits per heavy atom. The van der Waals surface area contributed by atoms with E-state index in [4.69, 9.17) is 10.00 Å². The van der Waals surface area contributed by atoms with E-state index < -0.39 is 0 Å². The van der Waals surface area contributed by atoms with Crippen LogP contribution in [0.3, 0.4) is 0 Å². The summed E-state index contributed by atoms with van der Waals surface area (Å²) in [5.41, 5.74) is 0.400. The fourth-order valence-electron chi connectivity index (χ4n) is 1.69. The standard InChI is InChI=1S/C15H19NO2/c1-2-3-4-5-6-11-15(17)18-14-10-8-7-9-13(14)12-16/h7-10H,2-6,11H2,1H3. The molecule has 3 heteroatoms. The lowest BCUT2D eigenvalue weighted by molar-refractivity contribution is -0.134. The van der Waals surface area contributed by atoms with Gasteiger partial charge in [-0.05, 0) is 18.6 Å². The average molecular weight is 245 g/mol. The molecule has 96 valence electrons. The second-order valence-electron chi connectivity index (χ2n) is 4.25. The first-order valence-corrected chi connectivity index (χ1v) is 6.47. The molecular formula is C15H19NO2. The first-order valence-electron chi connectivity index (χ1n) is 6.47. The highest BCUT2D eigenvalue weighted by Crippen LogP contribution is 2.17. The molecule has 0 aliphatic heterocycles. The van der Waals surface area contributed by atoms with Crippen LogP contribution in [0.1, 0.15) is 51.0 Å². The number of benzene rings is 1. The van der Waals surface area contributed by atoms with Gasteiger partial charge in [-0.2, -0.15) is 5.26 Å². The lowest BCUT2D eigenvalue weighted by atomic mass is 10.1. The van der Waals surface area contributed by atoms with Crippen molar-refractivity contribution in [3.8, 4) is 11.8 Å². The van der Waals surface area contributed by atoms with Crippen molar-refractivity contribution >= 4 is 5.97 Å². The molecule has 0 saturated heterocycles. The molecule has 0 saturated carbocycles. The van der Waals surface area contributed by atoms with Crippen molar-refractivity contribution in [3.05, 3.63) is 29.8 Å². The molecule has 0 aliphatic carbocycles. The number of esters is 1. The van der Waals surface area contributed by atoms with Crippen molar-refractivity contribution in [2.75, 3.05) is 0 Å². The smallest absolute Gasteiger partial charge is 0.311 e. The third-order valence-corrected chi connectivity index (χ3v) is 2.72. The fraction of sp³-hybridized carbons (Fsp3) is 0.467. The Morgan fingerprint density at radius 1 is 1.22 bits per heavy atom. The molecule has 1 aromatic carbocycles. The molecule has 0 aliphatic rings. The largest absolute Gasteiger partial charge is 0.425 e. The lowest BCUT2D eigenvalue weighted by Crippen LogP contribution is -2.08. The van der Waals surface area contributed by atoms with Gasteiger partial charge < -0.3 is 4.74 Å². The van der Waals surface area contributed by atoms with E-state index >= 15 is 0 Å². The van der Waals surface area contributed by atoms with E-state index in [9.17, 15) is 4.79 Å². The minimum Gasteiger partial charge on any atom is -0.425 e. The zero-order chi connectivity index (χ0) is 13.2. The van der Waals surface area contributed by atoms with E-state index in [2.05, 4.69) is 6.92 Å². The highest BCUT2D eigenvalue weighted by atomic mass is 16.5. The zero-order valence-corrected chi connectivity index (χ0v) is 10.8.